The van der Waals surface area contributed by atoms with Gasteiger partial charge in [-0.2, -0.15) is 9.40 Å². The van der Waals surface area contributed by atoms with Gasteiger partial charge in [0.25, 0.3) is 0 Å². The highest BCUT2D eigenvalue weighted by molar-refractivity contribution is 7.89. The highest BCUT2D eigenvalue weighted by atomic mass is 32.2. The molecule has 1 aromatic rings. The van der Waals surface area contributed by atoms with Crippen molar-refractivity contribution in [2.45, 2.75) is 44.7 Å². The summed E-state index contributed by atoms with van der Waals surface area (Å²) in [6.07, 6.45) is 3.71. The fraction of sp³-hybridized carbons (Fsp3) is 0.727. The zero-order chi connectivity index (χ0) is 13.8. The Hall–Kier alpha value is -0.920. The minimum atomic E-state index is -3.45. The number of aromatic nitrogens is 2. The molecule has 0 atom stereocenters. The lowest BCUT2D eigenvalue weighted by Gasteiger charge is -2.24. The fourth-order valence-corrected chi connectivity index (χ4v) is 3.43. The molecule has 6 nitrogen and oxygen atoms in total. The average Bonchev–Trinajstić information content (AvgIpc) is 2.75. The van der Waals surface area contributed by atoms with E-state index in [1.807, 2.05) is 20.8 Å². The molecule has 0 aliphatic rings. The SMILES string of the molecule is CCCN(C(C)C)S(=O)(=O)c1cnn(CCN)c1. The summed E-state index contributed by atoms with van der Waals surface area (Å²) < 4.78 is 27.9. The van der Waals surface area contributed by atoms with E-state index in [1.165, 1.54) is 16.7 Å². The van der Waals surface area contributed by atoms with Gasteiger partial charge in [0.1, 0.15) is 4.90 Å². The van der Waals surface area contributed by atoms with Gasteiger partial charge in [-0.05, 0) is 20.3 Å². The first kappa shape index (κ1) is 15.1. The van der Waals surface area contributed by atoms with Crippen LogP contribution in [0.4, 0.5) is 0 Å². The summed E-state index contributed by atoms with van der Waals surface area (Å²) in [5.41, 5.74) is 5.41. The third kappa shape index (κ3) is 3.30. The maximum absolute atomic E-state index is 12.4. The second kappa shape index (κ2) is 6.31. The summed E-state index contributed by atoms with van der Waals surface area (Å²) in [4.78, 5) is 0.234. The molecule has 7 heteroatoms. The minimum Gasteiger partial charge on any atom is -0.329 e. The lowest BCUT2D eigenvalue weighted by Crippen LogP contribution is -2.37. The van der Waals surface area contributed by atoms with Gasteiger partial charge in [-0.25, -0.2) is 8.42 Å². The van der Waals surface area contributed by atoms with Crippen LogP contribution in [0.5, 0.6) is 0 Å². The van der Waals surface area contributed by atoms with Crippen molar-refractivity contribution >= 4 is 10.0 Å². The smallest absolute Gasteiger partial charge is 0.246 e. The number of sulfonamides is 1. The second-order valence-corrected chi connectivity index (χ2v) is 6.33. The van der Waals surface area contributed by atoms with Crippen LogP contribution in [0.1, 0.15) is 27.2 Å². The first-order chi connectivity index (χ1) is 8.43. The van der Waals surface area contributed by atoms with Crippen LogP contribution in [0.3, 0.4) is 0 Å². The molecule has 0 amide bonds. The molecule has 0 aromatic carbocycles. The highest BCUT2D eigenvalue weighted by Crippen LogP contribution is 2.17. The largest absolute Gasteiger partial charge is 0.329 e. The summed E-state index contributed by atoms with van der Waals surface area (Å²) in [5, 5.41) is 4.00. The molecule has 0 aliphatic carbocycles. The molecule has 0 bridgehead atoms. The van der Waals surface area contributed by atoms with Gasteiger partial charge in [0.2, 0.25) is 10.0 Å². The molecule has 1 rings (SSSR count). The zero-order valence-electron chi connectivity index (χ0n) is 11.2. The quantitative estimate of drug-likeness (QED) is 0.791. The van der Waals surface area contributed by atoms with E-state index < -0.39 is 10.0 Å². The molecule has 0 radical (unpaired) electrons. The monoisotopic (exact) mass is 274 g/mol. The topological polar surface area (TPSA) is 81.2 Å². The van der Waals surface area contributed by atoms with Gasteiger partial charge in [-0.3, -0.25) is 4.68 Å². The van der Waals surface area contributed by atoms with Crippen LogP contribution in [0.25, 0.3) is 0 Å². The first-order valence-corrected chi connectivity index (χ1v) is 7.61. The van der Waals surface area contributed by atoms with Crippen molar-refractivity contribution in [2.75, 3.05) is 13.1 Å². The Morgan fingerprint density at radius 2 is 2.17 bits per heavy atom. The van der Waals surface area contributed by atoms with Gasteiger partial charge in [-0.15, -0.1) is 0 Å². The Bertz CT molecular complexity index is 467. The van der Waals surface area contributed by atoms with Crippen LogP contribution in [-0.4, -0.2) is 41.6 Å². The van der Waals surface area contributed by atoms with E-state index in [9.17, 15) is 8.42 Å². The van der Waals surface area contributed by atoms with Gasteiger partial charge < -0.3 is 5.73 Å². The molecule has 18 heavy (non-hydrogen) atoms. The Kier molecular flexibility index (Phi) is 5.30. The molecule has 0 saturated carbocycles. The molecule has 0 saturated heterocycles. The van der Waals surface area contributed by atoms with Crippen molar-refractivity contribution in [3.63, 3.8) is 0 Å². The van der Waals surface area contributed by atoms with Crippen molar-refractivity contribution in [1.29, 1.82) is 0 Å². The lowest BCUT2D eigenvalue weighted by atomic mass is 10.4. The molecule has 2 N–H and O–H groups in total. The Morgan fingerprint density at radius 1 is 1.50 bits per heavy atom. The highest BCUT2D eigenvalue weighted by Gasteiger charge is 2.27. The summed E-state index contributed by atoms with van der Waals surface area (Å²) in [7, 11) is -3.45. The maximum Gasteiger partial charge on any atom is 0.246 e. The third-order valence-corrected chi connectivity index (χ3v) is 4.62. The molecular formula is C11H22N4O2S. The predicted octanol–water partition coefficient (Wildman–Crippen LogP) is 0.651. The van der Waals surface area contributed by atoms with Crippen LogP contribution < -0.4 is 5.73 Å². The van der Waals surface area contributed by atoms with Crippen LogP contribution in [0, 0.1) is 0 Å². The van der Waals surface area contributed by atoms with Gasteiger partial charge in [0, 0.05) is 25.3 Å². The van der Waals surface area contributed by atoms with Crippen molar-refractivity contribution < 1.29 is 8.42 Å². The summed E-state index contributed by atoms with van der Waals surface area (Å²) >= 11 is 0. The molecule has 1 heterocycles. The fourth-order valence-electron chi connectivity index (χ4n) is 1.74. The lowest BCUT2D eigenvalue weighted by molar-refractivity contribution is 0.354. The predicted molar refractivity (Wildman–Crippen MR) is 70.6 cm³/mol. The molecule has 0 spiro atoms. The van der Waals surface area contributed by atoms with E-state index in [0.717, 1.165) is 6.42 Å². The second-order valence-electron chi connectivity index (χ2n) is 4.44. The molecule has 0 fully saturated rings. The zero-order valence-corrected chi connectivity index (χ0v) is 12.0. The van der Waals surface area contributed by atoms with Crippen molar-refractivity contribution in [2.24, 2.45) is 5.73 Å². The van der Waals surface area contributed by atoms with Crippen LogP contribution in [0.15, 0.2) is 17.3 Å². The van der Waals surface area contributed by atoms with Gasteiger partial charge in [0.05, 0.1) is 12.7 Å². The first-order valence-electron chi connectivity index (χ1n) is 6.17. The Labute approximate surface area is 109 Å². The van der Waals surface area contributed by atoms with E-state index >= 15 is 0 Å². The molecular weight excluding hydrogens is 252 g/mol. The van der Waals surface area contributed by atoms with E-state index in [2.05, 4.69) is 5.10 Å². The molecule has 0 unspecified atom stereocenters. The number of nitrogens with two attached hydrogens (primary N) is 1. The van der Waals surface area contributed by atoms with Crippen LogP contribution in [0.2, 0.25) is 0 Å². The van der Waals surface area contributed by atoms with E-state index in [1.54, 1.807) is 4.68 Å². The minimum absolute atomic E-state index is 0.0622. The normalized spacial score (nSPS) is 12.6. The van der Waals surface area contributed by atoms with E-state index in [0.29, 0.717) is 19.6 Å². The molecule has 0 aliphatic heterocycles. The van der Waals surface area contributed by atoms with Crippen LogP contribution in [-0.2, 0) is 16.6 Å². The summed E-state index contributed by atoms with van der Waals surface area (Å²) in [5.74, 6) is 0. The molecule has 104 valence electrons. The molecule has 1 aromatic heterocycles. The van der Waals surface area contributed by atoms with Gasteiger partial charge in [0.15, 0.2) is 0 Å². The third-order valence-electron chi connectivity index (χ3n) is 2.59. The maximum atomic E-state index is 12.4. The van der Waals surface area contributed by atoms with Gasteiger partial charge >= 0.3 is 0 Å². The van der Waals surface area contributed by atoms with E-state index in [4.69, 9.17) is 5.73 Å². The van der Waals surface area contributed by atoms with Crippen molar-refractivity contribution in [1.82, 2.24) is 14.1 Å². The van der Waals surface area contributed by atoms with Crippen LogP contribution >= 0.6 is 0 Å². The summed E-state index contributed by atoms with van der Waals surface area (Å²) in [6.45, 7) is 7.18. The standard InChI is InChI=1S/C11H22N4O2S/c1-4-6-15(10(2)3)18(16,17)11-8-13-14(9-11)7-5-12/h8-10H,4-7,12H2,1-3H3. The van der Waals surface area contributed by atoms with Crippen molar-refractivity contribution in [3.8, 4) is 0 Å². The van der Waals surface area contributed by atoms with Gasteiger partial charge in [-0.1, -0.05) is 6.92 Å². The number of hydrogen-bond donors (Lipinski definition) is 1. The number of hydrogen-bond acceptors (Lipinski definition) is 4. The summed E-state index contributed by atoms with van der Waals surface area (Å²) in [6, 6.07) is -0.0622. The Morgan fingerprint density at radius 3 is 2.67 bits per heavy atom. The van der Waals surface area contributed by atoms with E-state index in [-0.39, 0.29) is 10.9 Å². The average molecular weight is 274 g/mol. The number of nitrogens with zero attached hydrogens (tertiary/aromatic N) is 3. The number of rotatable bonds is 7. The van der Waals surface area contributed by atoms with Crippen molar-refractivity contribution in [3.05, 3.63) is 12.4 Å². The Balaban J connectivity index is 3.02.